The van der Waals surface area contributed by atoms with E-state index in [-0.39, 0.29) is 23.6 Å². The number of benzene rings is 3. The lowest BCUT2D eigenvalue weighted by molar-refractivity contribution is -0.113. The molecule has 3 aromatic carbocycles. The third kappa shape index (κ3) is 7.13. The molecule has 7 rings (SSSR count). The van der Waals surface area contributed by atoms with Gasteiger partial charge in [-0.3, -0.25) is 19.1 Å². The summed E-state index contributed by atoms with van der Waals surface area (Å²) < 4.78 is 1.96. The first-order valence-corrected chi connectivity index (χ1v) is 17.4. The van der Waals surface area contributed by atoms with Crippen molar-refractivity contribution in [3.8, 4) is 28.3 Å². The number of aromatic amines is 1. The number of H-pyrrole nitrogens is 1. The zero-order valence-corrected chi connectivity index (χ0v) is 28.3. The quantitative estimate of drug-likeness (QED) is 0.142. The predicted molar refractivity (Wildman–Crippen MR) is 192 cm³/mol. The molecule has 1 unspecified atom stereocenters. The molecule has 0 spiro atoms. The zero-order chi connectivity index (χ0) is 33.7. The van der Waals surface area contributed by atoms with Crippen molar-refractivity contribution < 1.29 is 9.59 Å². The first kappa shape index (κ1) is 32.3. The van der Waals surface area contributed by atoms with Crippen molar-refractivity contribution in [2.45, 2.75) is 37.4 Å². The average molecular weight is 689 g/mol. The first-order chi connectivity index (χ1) is 24.0. The van der Waals surface area contributed by atoms with E-state index >= 15 is 0 Å². The Morgan fingerprint density at radius 3 is 2.43 bits per heavy atom. The van der Waals surface area contributed by atoms with Gasteiger partial charge in [-0.2, -0.15) is 0 Å². The van der Waals surface area contributed by atoms with Gasteiger partial charge in [0.25, 0.3) is 5.91 Å². The molecule has 1 aliphatic rings. The highest BCUT2D eigenvalue weighted by Gasteiger charge is 2.32. The third-order valence-corrected chi connectivity index (χ3v) is 9.68. The van der Waals surface area contributed by atoms with E-state index < -0.39 is 0 Å². The Labute approximate surface area is 293 Å². The number of rotatable bonds is 10. The lowest BCUT2D eigenvalue weighted by Gasteiger charge is -2.23. The summed E-state index contributed by atoms with van der Waals surface area (Å²) in [6, 6.07) is 26.4. The maximum atomic E-state index is 13.6. The van der Waals surface area contributed by atoms with E-state index in [1.165, 1.54) is 17.3 Å². The molecule has 4 heterocycles. The van der Waals surface area contributed by atoms with Gasteiger partial charge >= 0.3 is 0 Å². The number of anilines is 1. The number of nitrogens with one attached hydrogen (secondary N) is 2. The summed E-state index contributed by atoms with van der Waals surface area (Å²) in [5, 5.41) is 13.1. The zero-order valence-electron chi connectivity index (χ0n) is 26.7. The molecular weight excluding hydrogens is 656 g/mol. The molecule has 2 amide bonds. The second-order valence-corrected chi connectivity index (χ2v) is 13.0. The molecule has 0 bridgehead atoms. The van der Waals surface area contributed by atoms with Crippen LogP contribution in [-0.4, -0.2) is 58.7 Å². The van der Waals surface area contributed by atoms with Gasteiger partial charge in [-0.1, -0.05) is 54.6 Å². The van der Waals surface area contributed by atoms with E-state index in [0.29, 0.717) is 33.8 Å². The normalized spacial score (nSPS) is 14.2. The highest BCUT2D eigenvalue weighted by atomic mass is 35.5. The number of halogens is 1. The molecule has 1 fully saturated rings. The van der Waals surface area contributed by atoms with Crippen LogP contribution in [0.4, 0.5) is 5.69 Å². The molecule has 6 aromatic rings. The van der Waals surface area contributed by atoms with Crippen LogP contribution in [0.1, 0.15) is 47.6 Å². The first-order valence-electron chi connectivity index (χ1n) is 16.1. The molecule has 10 nitrogen and oxygen atoms in total. The fourth-order valence-corrected chi connectivity index (χ4v) is 6.81. The Morgan fingerprint density at radius 1 is 0.939 bits per heavy atom. The SMILES string of the molecule is CCc1ccc(-n2c(SCC(=O)Nc3ccc(C(=O)N4CCCC4c4ncc(-c5ccc(Cl)cc5)[nH]4)cc3)nnc2-c2ccncc2)cc1. The maximum absolute atomic E-state index is 13.6. The monoisotopic (exact) mass is 688 g/mol. The van der Waals surface area contributed by atoms with Gasteiger partial charge in [0, 0.05) is 46.5 Å². The highest BCUT2D eigenvalue weighted by Crippen LogP contribution is 2.33. The van der Waals surface area contributed by atoms with Gasteiger partial charge < -0.3 is 15.2 Å². The van der Waals surface area contributed by atoms with E-state index in [1.54, 1.807) is 42.9 Å². The van der Waals surface area contributed by atoms with E-state index in [0.717, 1.165) is 47.6 Å². The number of nitrogens with zero attached hydrogens (tertiary/aromatic N) is 6. The van der Waals surface area contributed by atoms with E-state index in [4.69, 9.17) is 11.6 Å². The van der Waals surface area contributed by atoms with Crippen molar-refractivity contribution in [2.75, 3.05) is 17.6 Å². The van der Waals surface area contributed by atoms with Gasteiger partial charge in [-0.15, -0.1) is 10.2 Å². The molecular formula is C37H33ClN8O2S. The van der Waals surface area contributed by atoms with Crippen molar-refractivity contribution in [1.82, 2.24) is 34.6 Å². The van der Waals surface area contributed by atoms with E-state index in [2.05, 4.69) is 49.5 Å². The number of hydrogen-bond acceptors (Lipinski definition) is 7. The molecule has 0 radical (unpaired) electrons. The van der Waals surface area contributed by atoms with Gasteiger partial charge in [0.15, 0.2) is 11.0 Å². The summed E-state index contributed by atoms with van der Waals surface area (Å²) in [6.07, 6.45) is 7.88. The molecule has 1 atom stereocenters. The minimum Gasteiger partial charge on any atom is -0.340 e. The Hall–Kier alpha value is -5.26. The summed E-state index contributed by atoms with van der Waals surface area (Å²) in [7, 11) is 0. The average Bonchev–Trinajstić information content (AvgIpc) is 3.92. The number of carbonyl (C=O) groups excluding carboxylic acids is 2. The molecule has 0 saturated carbocycles. The number of aryl methyl sites for hydroxylation is 1. The van der Waals surface area contributed by atoms with Gasteiger partial charge in [0.2, 0.25) is 5.91 Å². The maximum Gasteiger partial charge on any atom is 0.254 e. The molecule has 12 heteroatoms. The fourth-order valence-electron chi connectivity index (χ4n) is 5.93. The number of thioether (sulfide) groups is 1. The van der Waals surface area contributed by atoms with Crippen LogP contribution in [0, 0.1) is 0 Å². The molecule has 1 saturated heterocycles. The van der Waals surface area contributed by atoms with E-state index in [1.807, 2.05) is 58.0 Å². The topological polar surface area (TPSA) is 122 Å². The minimum absolute atomic E-state index is 0.0725. The highest BCUT2D eigenvalue weighted by molar-refractivity contribution is 7.99. The summed E-state index contributed by atoms with van der Waals surface area (Å²) in [5.74, 6) is 1.29. The van der Waals surface area contributed by atoms with Crippen LogP contribution < -0.4 is 5.32 Å². The third-order valence-electron chi connectivity index (χ3n) is 8.50. The second kappa shape index (κ2) is 14.5. The van der Waals surface area contributed by atoms with E-state index in [9.17, 15) is 9.59 Å². The van der Waals surface area contributed by atoms with Crippen molar-refractivity contribution in [3.63, 3.8) is 0 Å². The number of carbonyl (C=O) groups is 2. The summed E-state index contributed by atoms with van der Waals surface area (Å²) in [4.78, 5) is 40.6. The number of likely N-dealkylation sites (tertiary alicyclic amines) is 1. The van der Waals surface area contributed by atoms with Crippen LogP contribution in [0.3, 0.4) is 0 Å². The predicted octanol–water partition coefficient (Wildman–Crippen LogP) is 7.64. The molecule has 49 heavy (non-hydrogen) atoms. The largest absolute Gasteiger partial charge is 0.340 e. The summed E-state index contributed by atoms with van der Waals surface area (Å²) in [6.45, 7) is 2.76. The van der Waals surface area contributed by atoms with Crippen LogP contribution >= 0.6 is 23.4 Å². The van der Waals surface area contributed by atoms with Gasteiger partial charge in [-0.05, 0) is 91.1 Å². The minimum atomic E-state index is -0.195. The van der Waals surface area contributed by atoms with Crippen LogP contribution in [0.15, 0.2) is 109 Å². The summed E-state index contributed by atoms with van der Waals surface area (Å²) >= 11 is 7.35. The second-order valence-electron chi connectivity index (χ2n) is 11.7. The van der Waals surface area contributed by atoms with Crippen LogP contribution in [0.2, 0.25) is 5.02 Å². The number of aromatic nitrogens is 6. The molecule has 246 valence electrons. The van der Waals surface area contributed by atoms with Crippen molar-refractivity contribution in [1.29, 1.82) is 0 Å². The molecule has 1 aliphatic heterocycles. The number of amides is 2. The smallest absolute Gasteiger partial charge is 0.254 e. The molecule has 3 aromatic heterocycles. The number of imidazole rings is 1. The summed E-state index contributed by atoms with van der Waals surface area (Å²) in [5.41, 5.74) is 6.02. The van der Waals surface area contributed by atoms with Crippen molar-refractivity contribution in [3.05, 3.63) is 125 Å². The number of hydrogen-bond donors (Lipinski definition) is 2. The Morgan fingerprint density at radius 2 is 1.69 bits per heavy atom. The Bertz CT molecular complexity index is 2060. The van der Waals surface area contributed by atoms with Crippen LogP contribution in [0.5, 0.6) is 0 Å². The van der Waals surface area contributed by atoms with Crippen LogP contribution in [0.25, 0.3) is 28.3 Å². The van der Waals surface area contributed by atoms with Gasteiger partial charge in [-0.25, -0.2) is 4.98 Å². The molecule has 2 N–H and O–H groups in total. The Balaban J connectivity index is 1.000. The van der Waals surface area contributed by atoms with Crippen molar-refractivity contribution >= 4 is 40.9 Å². The lowest BCUT2D eigenvalue weighted by Crippen LogP contribution is -2.31. The molecule has 0 aliphatic carbocycles. The number of pyridine rings is 1. The lowest BCUT2D eigenvalue weighted by atomic mass is 10.1. The van der Waals surface area contributed by atoms with Gasteiger partial charge in [0.1, 0.15) is 5.82 Å². The van der Waals surface area contributed by atoms with Crippen LogP contribution in [-0.2, 0) is 11.2 Å². The standard InChI is InChI=1S/C37H33ClN8O2S/c1-2-24-5-15-30(16-6-24)46-35(26-17-19-39-20-18-26)43-44-37(46)49-23-33(47)41-29-13-9-27(10-14-29)36(48)45-21-3-4-32(45)34-40-22-31(42-34)25-7-11-28(38)12-8-25/h5-20,22,32H,2-4,21,23H2,1H3,(H,40,42)(H,41,47). The van der Waals surface area contributed by atoms with Gasteiger partial charge in [0.05, 0.1) is 23.7 Å². The Kier molecular flexibility index (Phi) is 9.54. The fraction of sp³-hybridized carbons (Fsp3) is 0.189. The van der Waals surface area contributed by atoms with Crippen molar-refractivity contribution in [2.24, 2.45) is 0 Å².